The van der Waals surface area contributed by atoms with Gasteiger partial charge in [-0.2, -0.15) is 0 Å². The first-order chi connectivity index (χ1) is 17.9. The van der Waals surface area contributed by atoms with E-state index in [1.54, 1.807) is 54.6 Å². The van der Waals surface area contributed by atoms with Crippen molar-refractivity contribution in [1.82, 2.24) is 9.80 Å². The van der Waals surface area contributed by atoms with Gasteiger partial charge in [0.25, 0.3) is 11.8 Å². The highest BCUT2D eigenvalue weighted by Crippen LogP contribution is 2.39. The van der Waals surface area contributed by atoms with Gasteiger partial charge in [0.2, 0.25) is 0 Å². The Labute approximate surface area is 225 Å². The van der Waals surface area contributed by atoms with Crippen molar-refractivity contribution >= 4 is 52.2 Å². The van der Waals surface area contributed by atoms with E-state index in [1.807, 2.05) is 11.8 Å². The molecule has 0 saturated carbocycles. The molecule has 2 heterocycles. The first kappa shape index (κ1) is 26.7. The zero-order chi connectivity index (χ0) is 26.4. The molecule has 0 bridgehead atoms. The molecule has 1 N–H and O–H groups in total. The third kappa shape index (κ3) is 6.31. The van der Waals surface area contributed by atoms with Crippen molar-refractivity contribution in [1.29, 1.82) is 0 Å². The lowest BCUT2D eigenvalue weighted by atomic mass is 10.1. The van der Waals surface area contributed by atoms with Gasteiger partial charge in [-0.15, -0.1) is 0 Å². The third-order valence-corrected chi connectivity index (χ3v) is 7.39. The molecule has 0 radical (unpaired) electrons. The summed E-state index contributed by atoms with van der Waals surface area (Å²) in [5.74, 6) is -0.807. The molecule has 2 amide bonds. The summed E-state index contributed by atoms with van der Waals surface area (Å²) in [5, 5.41) is 9.86. The maximum atomic E-state index is 13.2. The van der Waals surface area contributed by atoms with Gasteiger partial charge in [-0.3, -0.25) is 14.5 Å². The second-order valence-electron chi connectivity index (χ2n) is 8.57. The molecule has 0 spiro atoms. The highest BCUT2D eigenvalue weighted by atomic mass is 32.2. The summed E-state index contributed by atoms with van der Waals surface area (Å²) in [4.78, 5) is 41.1. The number of thioether (sulfide) groups is 1. The van der Waals surface area contributed by atoms with Crippen LogP contribution in [-0.2, 0) is 14.4 Å². The highest BCUT2D eigenvalue weighted by Gasteiger charge is 2.41. The van der Waals surface area contributed by atoms with Crippen LogP contribution in [0, 0.1) is 0 Å². The molecule has 2 saturated heterocycles. The fourth-order valence-corrected chi connectivity index (χ4v) is 5.58. The molecular weight excluding hydrogens is 512 g/mol. The Kier molecular flexibility index (Phi) is 8.83. The highest BCUT2D eigenvalue weighted by molar-refractivity contribution is 8.26. The summed E-state index contributed by atoms with van der Waals surface area (Å²) in [7, 11) is 0. The number of aliphatic carboxylic acids is 1. The summed E-state index contributed by atoms with van der Waals surface area (Å²) >= 11 is 6.44. The Morgan fingerprint density at radius 3 is 2.49 bits per heavy atom. The van der Waals surface area contributed by atoms with Crippen molar-refractivity contribution in [2.45, 2.75) is 32.2 Å². The number of ether oxygens (including phenoxy) is 2. The molecule has 2 aromatic carbocycles. The Hall–Kier alpha value is -3.37. The van der Waals surface area contributed by atoms with Crippen LogP contribution < -0.4 is 9.47 Å². The first-order valence-corrected chi connectivity index (χ1v) is 13.3. The van der Waals surface area contributed by atoms with Crippen LogP contribution in [0.25, 0.3) is 6.08 Å². The third-order valence-electron chi connectivity index (χ3n) is 6.06. The van der Waals surface area contributed by atoms with Crippen LogP contribution in [0.1, 0.15) is 43.4 Å². The molecule has 1 atom stereocenters. The lowest BCUT2D eigenvalue weighted by Crippen LogP contribution is -2.38. The molecule has 0 aliphatic carbocycles. The number of hydrogen-bond acceptors (Lipinski definition) is 7. The van der Waals surface area contributed by atoms with Crippen LogP contribution >= 0.6 is 24.0 Å². The van der Waals surface area contributed by atoms with Gasteiger partial charge >= 0.3 is 5.97 Å². The van der Waals surface area contributed by atoms with Gasteiger partial charge in [0.05, 0.1) is 11.5 Å². The van der Waals surface area contributed by atoms with E-state index >= 15 is 0 Å². The lowest BCUT2D eigenvalue weighted by Gasteiger charge is -2.26. The van der Waals surface area contributed by atoms with Gasteiger partial charge in [-0.25, -0.2) is 4.79 Å². The van der Waals surface area contributed by atoms with Crippen LogP contribution in [0.4, 0.5) is 0 Å². The van der Waals surface area contributed by atoms with Gasteiger partial charge in [-0.1, -0.05) is 60.4 Å². The number of carbonyl (C=O) groups is 3. The number of nitrogens with zero attached hydrogens (tertiary/aromatic N) is 2. The average molecular weight is 541 g/mol. The molecule has 2 aliphatic rings. The molecule has 194 valence electrons. The number of carbonyl (C=O) groups excluding carboxylic acids is 2. The molecular formula is C27H28N2O6S2. The molecule has 10 heteroatoms. The quantitative estimate of drug-likeness (QED) is 0.367. The largest absolute Gasteiger partial charge is 0.490 e. The number of carboxylic acid groups (broad SMARTS) is 1. The molecule has 37 heavy (non-hydrogen) atoms. The van der Waals surface area contributed by atoms with Crippen LogP contribution in [-0.4, -0.2) is 63.3 Å². The number of likely N-dealkylation sites (tertiary alicyclic amines) is 1. The van der Waals surface area contributed by atoms with Crippen molar-refractivity contribution in [3.63, 3.8) is 0 Å². The van der Waals surface area contributed by atoms with Crippen molar-refractivity contribution in [2.75, 3.05) is 26.3 Å². The zero-order valence-electron chi connectivity index (χ0n) is 20.4. The van der Waals surface area contributed by atoms with Crippen LogP contribution in [0.5, 0.6) is 11.5 Å². The van der Waals surface area contributed by atoms with Crippen molar-refractivity contribution in [3.8, 4) is 11.5 Å². The second kappa shape index (κ2) is 12.2. The van der Waals surface area contributed by atoms with Crippen molar-refractivity contribution in [2.24, 2.45) is 0 Å². The predicted octanol–water partition coefficient (Wildman–Crippen LogP) is 4.50. The van der Waals surface area contributed by atoms with Gasteiger partial charge in [-0.05, 0) is 55.5 Å². The SMILES string of the molecule is CCOc1cc(/C=C2/SC(=S)N(C(C(=O)O)c3ccccc3)C2=O)ccc1OCC(=O)N1CCCCC1. The topological polar surface area (TPSA) is 96.4 Å². The zero-order valence-corrected chi connectivity index (χ0v) is 22.1. The number of carboxylic acids is 1. The molecule has 8 nitrogen and oxygen atoms in total. The van der Waals surface area contributed by atoms with Crippen molar-refractivity contribution in [3.05, 3.63) is 64.6 Å². The Bertz CT molecular complexity index is 1210. The standard InChI is InChI=1S/C27H28N2O6S2/c1-2-34-21-15-18(11-12-20(21)35-17-23(30)28-13-7-4-8-14-28)16-22-25(31)29(27(36)37-22)24(26(32)33)19-9-5-3-6-10-19/h3,5-6,9-12,15-16,24H,2,4,7-8,13-14,17H2,1H3,(H,32,33)/b22-16+. The number of thiocarbonyl (C=S) groups is 1. The number of hydrogen-bond donors (Lipinski definition) is 1. The Morgan fingerprint density at radius 1 is 1.08 bits per heavy atom. The Morgan fingerprint density at radius 2 is 1.81 bits per heavy atom. The minimum absolute atomic E-state index is 0.0544. The van der Waals surface area contributed by atoms with Crippen LogP contribution in [0.2, 0.25) is 0 Å². The number of amides is 2. The van der Waals surface area contributed by atoms with E-state index in [0.29, 0.717) is 34.1 Å². The summed E-state index contributed by atoms with van der Waals surface area (Å²) in [6.07, 6.45) is 4.81. The number of piperidine rings is 1. The summed E-state index contributed by atoms with van der Waals surface area (Å²) in [5.41, 5.74) is 1.12. The molecule has 1 unspecified atom stereocenters. The molecule has 2 aliphatic heterocycles. The molecule has 0 aromatic heterocycles. The molecule has 4 rings (SSSR count). The maximum absolute atomic E-state index is 13.2. The van der Waals surface area contributed by atoms with Gasteiger partial charge in [0.15, 0.2) is 24.1 Å². The molecule has 2 aromatic rings. The van der Waals surface area contributed by atoms with Gasteiger partial charge in [0, 0.05) is 13.1 Å². The fraction of sp³-hybridized carbons (Fsp3) is 0.333. The number of benzene rings is 2. The molecule has 2 fully saturated rings. The minimum atomic E-state index is -1.22. The predicted molar refractivity (Wildman–Crippen MR) is 145 cm³/mol. The van der Waals surface area contributed by atoms with E-state index in [4.69, 9.17) is 21.7 Å². The first-order valence-electron chi connectivity index (χ1n) is 12.1. The van der Waals surface area contributed by atoms with E-state index in [9.17, 15) is 19.5 Å². The van der Waals surface area contributed by atoms with Gasteiger partial charge < -0.3 is 19.5 Å². The summed E-state index contributed by atoms with van der Waals surface area (Å²) in [6.45, 7) is 3.67. The van der Waals surface area contributed by atoms with Crippen molar-refractivity contribution < 1.29 is 29.0 Å². The summed E-state index contributed by atoms with van der Waals surface area (Å²) < 4.78 is 11.7. The minimum Gasteiger partial charge on any atom is -0.490 e. The van der Waals surface area contributed by atoms with Crippen LogP contribution in [0.15, 0.2) is 53.4 Å². The fourth-order valence-electron chi connectivity index (χ4n) is 4.27. The van der Waals surface area contributed by atoms with E-state index in [-0.39, 0.29) is 16.8 Å². The number of rotatable bonds is 9. The Balaban J connectivity index is 1.52. The van der Waals surface area contributed by atoms with E-state index in [0.717, 1.165) is 49.0 Å². The monoisotopic (exact) mass is 540 g/mol. The second-order valence-corrected chi connectivity index (χ2v) is 10.2. The van der Waals surface area contributed by atoms with Gasteiger partial charge in [0.1, 0.15) is 4.32 Å². The maximum Gasteiger partial charge on any atom is 0.331 e. The lowest BCUT2D eigenvalue weighted by molar-refractivity contribution is -0.145. The average Bonchev–Trinajstić information content (AvgIpc) is 3.17. The smallest absolute Gasteiger partial charge is 0.331 e. The normalized spacial score (nSPS) is 17.7. The van der Waals surface area contributed by atoms with E-state index in [2.05, 4.69) is 0 Å². The van der Waals surface area contributed by atoms with E-state index in [1.165, 1.54) is 0 Å². The van der Waals surface area contributed by atoms with Crippen LogP contribution in [0.3, 0.4) is 0 Å². The van der Waals surface area contributed by atoms with E-state index < -0.39 is 17.9 Å². The summed E-state index contributed by atoms with van der Waals surface area (Å²) in [6, 6.07) is 12.5.